The van der Waals surface area contributed by atoms with E-state index in [1.807, 2.05) is 19.1 Å². The number of esters is 1. The van der Waals surface area contributed by atoms with Gasteiger partial charge in [0.05, 0.1) is 16.8 Å². The number of halogens is 3. The topological polar surface area (TPSA) is 77.0 Å². The Bertz CT molecular complexity index is 1220. The molecule has 0 aromatic heterocycles. The smallest absolute Gasteiger partial charge is 0.343 e. The highest BCUT2D eigenvalue weighted by Crippen LogP contribution is 2.29. The third kappa shape index (κ3) is 7.06. The number of carbonyl (C=O) groups is 2. The van der Waals surface area contributed by atoms with Gasteiger partial charge in [-0.15, -0.1) is 0 Å². The number of hydrogen-bond donors (Lipinski definition) is 1. The van der Waals surface area contributed by atoms with Crippen LogP contribution in [0.25, 0.3) is 0 Å². The van der Waals surface area contributed by atoms with E-state index in [0.717, 1.165) is 10.0 Å². The lowest BCUT2D eigenvalue weighted by molar-refractivity contribution is -0.128. The van der Waals surface area contributed by atoms with E-state index in [2.05, 4.69) is 26.5 Å². The average Bonchev–Trinajstić information content (AvgIpc) is 2.80. The van der Waals surface area contributed by atoms with Crippen molar-refractivity contribution < 1.29 is 19.1 Å². The summed E-state index contributed by atoms with van der Waals surface area (Å²) in [5.41, 5.74) is 4.41. The van der Waals surface area contributed by atoms with Gasteiger partial charge in [-0.1, -0.05) is 63.8 Å². The first-order valence-electron chi connectivity index (χ1n) is 10.3. The number of benzene rings is 3. The average molecular weight is 564 g/mol. The van der Waals surface area contributed by atoms with Crippen LogP contribution in [0.2, 0.25) is 10.0 Å². The van der Waals surface area contributed by atoms with Crippen molar-refractivity contribution in [2.45, 2.75) is 26.4 Å². The van der Waals surface area contributed by atoms with Gasteiger partial charge in [-0.05, 0) is 61.9 Å². The van der Waals surface area contributed by atoms with Crippen molar-refractivity contribution in [1.29, 1.82) is 0 Å². The molecule has 176 valence electrons. The van der Waals surface area contributed by atoms with Gasteiger partial charge in [-0.2, -0.15) is 5.10 Å². The number of ether oxygens (including phenoxy) is 2. The first kappa shape index (κ1) is 25.7. The van der Waals surface area contributed by atoms with Crippen LogP contribution in [0.15, 0.2) is 70.2 Å². The monoisotopic (exact) mass is 562 g/mol. The zero-order chi connectivity index (χ0) is 24.7. The minimum Gasteiger partial charge on any atom is -0.479 e. The molecule has 0 aliphatic heterocycles. The summed E-state index contributed by atoms with van der Waals surface area (Å²) in [6.45, 7) is 3.74. The Morgan fingerprint density at radius 3 is 2.44 bits per heavy atom. The van der Waals surface area contributed by atoms with Crippen molar-refractivity contribution in [1.82, 2.24) is 5.43 Å². The van der Waals surface area contributed by atoms with E-state index in [0.29, 0.717) is 39.1 Å². The van der Waals surface area contributed by atoms with Crippen LogP contribution in [0.4, 0.5) is 0 Å². The molecule has 6 nitrogen and oxygen atoms in total. The van der Waals surface area contributed by atoms with Crippen molar-refractivity contribution >= 4 is 57.2 Å². The van der Waals surface area contributed by atoms with Gasteiger partial charge >= 0.3 is 5.97 Å². The standard InChI is InChI=1S/C25H21BrCl2N2O4/c1-3-21(33-23-11-9-19(27)13-20(23)28)24(31)30-29-14-17-12-18(26)8-10-22(17)34-25(32)16-6-4-15(2)5-7-16/h4-14,21H,3H2,1-2H3,(H,30,31)/b29-14+. The minimum absolute atomic E-state index is 0.294. The molecule has 9 heteroatoms. The molecule has 1 atom stereocenters. The van der Waals surface area contributed by atoms with E-state index in [1.54, 1.807) is 49.4 Å². The highest BCUT2D eigenvalue weighted by molar-refractivity contribution is 9.10. The predicted molar refractivity (Wildman–Crippen MR) is 137 cm³/mol. The Kier molecular flexibility index (Phi) is 9.10. The van der Waals surface area contributed by atoms with Crippen molar-refractivity contribution in [3.05, 3.63) is 91.9 Å². The molecule has 1 unspecified atom stereocenters. The van der Waals surface area contributed by atoms with E-state index >= 15 is 0 Å². The number of amides is 1. The lowest BCUT2D eigenvalue weighted by atomic mass is 10.1. The molecule has 0 saturated heterocycles. The van der Waals surface area contributed by atoms with Gasteiger partial charge in [0.25, 0.3) is 5.91 Å². The van der Waals surface area contributed by atoms with Gasteiger partial charge in [-0.25, -0.2) is 10.2 Å². The molecule has 0 aliphatic carbocycles. The molecule has 3 rings (SSSR count). The summed E-state index contributed by atoms with van der Waals surface area (Å²) < 4.78 is 12.0. The van der Waals surface area contributed by atoms with Crippen LogP contribution in [0.1, 0.15) is 34.8 Å². The first-order valence-corrected chi connectivity index (χ1v) is 11.8. The van der Waals surface area contributed by atoms with Crippen molar-refractivity contribution in [3.63, 3.8) is 0 Å². The SMILES string of the molecule is CCC(Oc1ccc(Cl)cc1Cl)C(=O)N/N=C/c1cc(Br)ccc1OC(=O)c1ccc(C)cc1. The second kappa shape index (κ2) is 12.0. The molecular formula is C25H21BrCl2N2O4. The molecule has 0 radical (unpaired) electrons. The zero-order valence-electron chi connectivity index (χ0n) is 18.3. The van der Waals surface area contributed by atoms with Gasteiger partial charge < -0.3 is 9.47 Å². The summed E-state index contributed by atoms with van der Waals surface area (Å²) in [5.74, 6) is -0.324. The largest absolute Gasteiger partial charge is 0.479 e. The fourth-order valence-electron chi connectivity index (χ4n) is 2.85. The van der Waals surface area contributed by atoms with E-state index < -0.39 is 18.0 Å². The maximum absolute atomic E-state index is 12.6. The highest BCUT2D eigenvalue weighted by atomic mass is 79.9. The predicted octanol–water partition coefficient (Wildman–Crippen LogP) is 6.59. The molecule has 1 N–H and O–H groups in total. The first-order chi connectivity index (χ1) is 16.3. The highest BCUT2D eigenvalue weighted by Gasteiger charge is 2.19. The fourth-order valence-corrected chi connectivity index (χ4v) is 3.68. The van der Waals surface area contributed by atoms with E-state index in [-0.39, 0.29) is 0 Å². The molecule has 0 fully saturated rings. The Hall–Kier alpha value is -2.87. The lowest BCUT2D eigenvalue weighted by Gasteiger charge is -2.16. The zero-order valence-corrected chi connectivity index (χ0v) is 21.4. The van der Waals surface area contributed by atoms with Crippen LogP contribution in [0, 0.1) is 6.92 Å². The molecule has 0 spiro atoms. The summed E-state index contributed by atoms with van der Waals surface area (Å²) in [6.07, 6.45) is 0.955. The number of hydrogen-bond acceptors (Lipinski definition) is 5. The number of rotatable bonds is 8. The molecule has 0 aliphatic rings. The summed E-state index contributed by atoms with van der Waals surface area (Å²) >= 11 is 15.4. The Balaban J connectivity index is 1.69. The van der Waals surface area contributed by atoms with Crippen LogP contribution in [0.3, 0.4) is 0 Å². The van der Waals surface area contributed by atoms with Gasteiger partial charge in [0.1, 0.15) is 11.5 Å². The lowest BCUT2D eigenvalue weighted by Crippen LogP contribution is -2.35. The van der Waals surface area contributed by atoms with E-state index in [1.165, 1.54) is 12.3 Å². The van der Waals surface area contributed by atoms with Crippen LogP contribution in [0.5, 0.6) is 11.5 Å². The number of nitrogens with one attached hydrogen (secondary N) is 1. The van der Waals surface area contributed by atoms with Crippen molar-refractivity contribution in [2.24, 2.45) is 5.10 Å². The molecule has 1 amide bonds. The van der Waals surface area contributed by atoms with Crippen LogP contribution < -0.4 is 14.9 Å². The van der Waals surface area contributed by atoms with Gasteiger partial charge in [0.2, 0.25) is 0 Å². The van der Waals surface area contributed by atoms with Crippen molar-refractivity contribution in [2.75, 3.05) is 0 Å². The van der Waals surface area contributed by atoms with Crippen LogP contribution in [-0.2, 0) is 4.79 Å². The molecule has 0 saturated carbocycles. The fraction of sp³-hybridized carbons (Fsp3) is 0.160. The summed E-state index contributed by atoms with van der Waals surface area (Å²) in [7, 11) is 0. The molecule has 3 aromatic rings. The quantitative estimate of drug-likeness (QED) is 0.145. The Morgan fingerprint density at radius 2 is 1.76 bits per heavy atom. The second-order valence-corrected chi connectivity index (χ2v) is 9.02. The molecule has 3 aromatic carbocycles. The molecule has 34 heavy (non-hydrogen) atoms. The maximum Gasteiger partial charge on any atom is 0.343 e. The second-order valence-electron chi connectivity index (χ2n) is 7.26. The summed E-state index contributed by atoms with van der Waals surface area (Å²) in [6, 6.07) is 16.9. The summed E-state index contributed by atoms with van der Waals surface area (Å²) in [4.78, 5) is 25.1. The number of carbonyl (C=O) groups excluding carboxylic acids is 2. The summed E-state index contributed by atoms with van der Waals surface area (Å²) in [5, 5.41) is 4.78. The Morgan fingerprint density at radius 1 is 1.06 bits per heavy atom. The molecular weight excluding hydrogens is 543 g/mol. The van der Waals surface area contributed by atoms with E-state index in [4.69, 9.17) is 32.7 Å². The number of nitrogens with zero attached hydrogens (tertiary/aromatic N) is 1. The third-order valence-electron chi connectivity index (χ3n) is 4.67. The maximum atomic E-state index is 12.6. The van der Waals surface area contributed by atoms with Crippen molar-refractivity contribution in [3.8, 4) is 11.5 Å². The molecule has 0 bridgehead atoms. The number of aryl methyl sites for hydroxylation is 1. The van der Waals surface area contributed by atoms with Gasteiger partial charge in [0.15, 0.2) is 6.10 Å². The minimum atomic E-state index is -0.822. The Labute approximate surface area is 216 Å². The third-order valence-corrected chi connectivity index (χ3v) is 5.69. The van der Waals surface area contributed by atoms with Gasteiger partial charge in [0, 0.05) is 15.1 Å². The van der Waals surface area contributed by atoms with E-state index in [9.17, 15) is 9.59 Å². The van der Waals surface area contributed by atoms with Crippen LogP contribution >= 0.6 is 39.1 Å². The normalized spacial score (nSPS) is 11.8. The number of hydrazone groups is 1. The van der Waals surface area contributed by atoms with Gasteiger partial charge in [-0.3, -0.25) is 4.79 Å². The molecule has 0 heterocycles. The van der Waals surface area contributed by atoms with Crippen LogP contribution in [-0.4, -0.2) is 24.2 Å².